The fourth-order valence-corrected chi connectivity index (χ4v) is 3.12. The monoisotopic (exact) mass is 390 g/mol. The Balaban J connectivity index is 1.94. The number of hydrogen-bond acceptors (Lipinski definition) is 4. The van der Waals surface area contributed by atoms with E-state index in [9.17, 15) is 0 Å². The Labute approximate surface area is 172 Å². The van der Waals surface area contributed by atoms with Gasteiger partial charge in [0.2, 0.25) is 5.75 Å². The van der Waals surface area contributed by atoms with Crippen LogP contribution >= 0.6 is 0 Å². The summed E-state index contributed by atoms with van der Waals surface area (Å²) in [7, 11) is 4.81. The summed E-state index contributed by atoms with van der Waals surface area (Å²) in [6.07, 6.45) is 1.60. The number of ether oxygens (including phenoxy) is 4. The van der Waals surface area contributed by atoms with Gasteiger partial charge >= 0.3 is 0 Å². The minimum atomic E-state index is -0.217. The van der Waals surface area contributed by atoms with Gasteiger partial charge in [-0.1, -0.05) is 60.7 Å². The Morgan fingerprint density at radius 3 is 1.62 bits per heavy atom. The van der Waals surface area contributed by atoms with Crippen LogP contribution < -0.4 is 14.2 Å². The first-order chi connectivity index (χ1) is 14.2. The first-order valence-electron chi connectivity index (χ1n) is 9.44. The van der Waals surface area contributed by atoms with Crippen LogP contribution in [0.25, 0.3) is 5.57 Å². The maximum absolute atomic E-state index is 6.16. The van der Waals surface area contributed by atoms with Crippen molar-refractivity contribution in [2.45, 2.75) is 13.0 Å². The lowest BCUT2D eigenvalue weighted by atomic mass is 9.99. The predicted octanol–water partition coefficient (Wildman–Crippen LogP) is 5.88. The van der Waals surface area contributed by atoms with Crippen LogP contribution in [0.15, 0.2) is 79.1 Å². The Morgan fingerprint density at radius 2 is 1.21 bits per heavy atom. The van der Waals surface area contributed by atoms with E-state index >= 15 is 0 Å². The van der Waals surface area contributed by atoms with E-state index < -0.39 is 0 Å². The molecule has 3 rings (SSSR count). The number of methoxy groups -OCH3 is 3. The molecule has 0 saturated carbocycles. The van der Waals surface area contributed by atoms with E-state index in [0.717, 1.165) is 22.3 Å². The third-order valence-electron chi connectivity index (χ3n) is 4.72. The zero-order valence-corrected chi connectivity index (χ0v) is 17.2. The van der Waals surface area contributed by atoms with Gasteiger partial charge in [0.15, 0.2) is 11.5 Å². The molecule has 4 nitrogen and oxygen atoms in total. The summed E-state index contributed by atoms with van der Waals surface area (Å²) in [5, 5.41) is 0. The second-order valence-electron chi connectivity index (χ2n) is 6.50. The zero-order chi connectivity index (χ0) is 20.6. The Morgan fingerprint density at radius 1 is 0.724 bits per heavy atom. The van der Waals surface area contributed by atoms with Crippen molar-refractivity contribution in [3.05, 3.63) is 95.7 Å². The van der Waals surface area contributed by atoms with Gasteiger partial charge in [0.1, 0.15) is 6.10 Å². The van der Waals surface area contributed by atoms with Gasteiger partial charge in [0.05, 0.1) is 27.6 Å². The minimum Gasteiger partial charge on any atom is -0.493 e. The lowest BCUT2D eigenvalue weighted by Crippen LogP contribution is -2.01. The summed E-state index contributed by atoms with van der Waals surface area (Å²) in [5.41, 5.74) is 4.13. The summed E-state index contributed by atoms with van der Waals surface area (Å²) < 4.78 is 22.5. The molecular weight excluding hydrogens is 364 g/mol. The molecule has 0 amide bonds. The topological polar surface area (TPSA) is 36.9 Å². The maximum Gasteiger partial charge on any atom is 0.203 e. The maximum atomic E-state index is 6.16. The fourth-order valence-electron chi connectivity index (χ4n) is 3.12. The second-order valence-corrected chi connectivity index (χ2v) is 6.50. The summed E-state index contributed by atoms with van der Waals surface area (Å²) in [6, 6.07) is 24.2. The molecule has 0 bridgehead atoms. The molecule has 0 radical (unpaired) electrons. The van der Waals surface area contributed by atoms with Crippen LogP contribution in [0, 0.1) is 0 Å². The standard InChI is InChI=1S/C25H26O4/c1-18(21-15-23(26-2)25(28-4)24(16-21)27-3)29-17-22(19-11-7-5-8-12-19)20-13-9-6-10-14-20/h5-18H,1-4H3. The van der Waals surface area contributed by atoms with E-state index in [1.54, 1.807) is 21.3 Å². The van der Waals surface area contributed by atoms with Crippen LogP contribution in [0.3, 0.4) is 0 Å². The van der Waals surface area contributed by atoms with Crippen LogP contribution in [-0.4, -0.2) is 21.3 Å². The molecule has 0 heterocycles. The summed E-state index contributed by atoms with van der Waals surface area (Å²) in [6.45, 7) is 1.99. The zero-order valence-electron chi connectivity index (χ0n) is 17.2. The quantitative estimate of drug-likeness (QED) is 0.450. The molecule has 0 aliphatic carbocycles. The average molecular weight is 390 g/mol. The van der Waals surface area contributed by atoms with E-state index in [1.165, 1.54) is 0 Å². The van der Waals surface area contributed by atoms with Crippen molar-refractivity contribution in [3.63, 3.8) is 0 Å². The largest absolute Gasteiger partial charge is 0.493 e. The highest BCUT2D eigenvalue weighted by Crippen LogP contribution is 2.40. The van der Waals surface area contributed by atoms with Gasteiger partial charge in [-0.3, -0.25) is 0 Å². The van der Waals surface area contributed by atoms with Crippen molar-refractivity contribution < 1.29 is 18.9 Å². The molecule has 0 aromatic heterocycles. The number of hydrogen-bond donors (Lipinski definition) is 0. The van der Waals surface area contributed by atoms with Crippen molar-refractivity contribution >= 4 is 5.57 Å². The molecule has 3 aromatic rings. The highest BCUT2D eigenvalue weighted by atomic mass is 16.5. The molecule has 0 N–H and O–H groups in total. The Kier molecular flexibility index (Phi) is 6.80. The number of benzene rings is 3. The lowest BCUT2D eigenvalue weighted by molar-refractivity contribution is 0.164. The van der Waals surface area contributed by atoms with Gasteiger partial charge in [-0.25, -0.2) is 0 Å². The minimum absolute atomic E-state index is 0.217. The van der Waals surface area contributed by atoms with E-state index in [1.807, 2.05) is 61.7 Å². The summed E-state index contributed by atoms with van der Waals surface area (Å²) in [5.74, 6) is 1.77. The molecule has 0 spiro atoms. The molecule has 0 fully saturated rings. The average Bonchev–Trinajstić information content (AvgIpc) is 2.79. The SMILES string of the molecule is COc1cc(C(C)OC=C(c2ccccc2)c2ccccc2)cc(OC)c1OC. The molecule has 0 aliphatic rings. The van der Waals surface area contributed by atoms with Crippen molar-refractivity contribution in [2.24, 2.45) is 0 Å². The van der Waals surface area contributed by atoms with E-state index in [2.05, 4.69) is 24.3 Å². The molecule has 3 aromatic carbocycles. The van der Waals surface area contributed by atoms with Crippen molar-refractivity contribution in [1.82, 2.24) is 0 Å². The van der Waals surface area contributed by atoms with Crippen LogP contribution in [0.5, 0.6) is 17.2 Å². The van der Waals surface area contributed by atoms with Crippen LogP contribution in [-0.2, 0) is 4.74 Å². The summed E-state index contributed by atoms with van der Waals surface area (Å²) >= 11 is 0. The highest BCUT2D eigenvalue weighted by molar-refractivity contribution is 5.79. The van der Waals surface area contributed by atoms with Crippen molar-refractivity contribution in [2.75, 3.05) is 21.3 Å². The van der Waals surface area contributed by atoms with Gasteiger partial charge < -0.3 is 18.9 Å². The first kappa shape index (κ1) is 20.3. The Hall–Kier alpha value is -3.40. The van der Waals surface area contributed by atoms with E-state index in [4.69, 9.17) is 18.9 Å². The van der Waals surface area contributed by atoms with Gasteiger partial charge in [-0.2, -0.15) is 0 Å². The van der Waals surface area contributed by atoms with E-state index in [0.29, 0.717) is 17.2 Å². The molecule has 0 aliphatic heterocycles. The molecule has 4 heteroatoms. The molecule has 150 valence electrons. The Bertz CT molecular complexity index is 883. The van der Waals surface area contributed by atoms with Gasteiger partial charge in [-0.15, -0.1) is 0 Å². The van der Waals surface area contributed by atoms with Crippen LogP contribution in [0.4, 0.5) is 0 Å². The third kappa shape index (κ3) is 4.72. The van der Waals surface area contributed by atoms with Crippen LogP contribution in [0.2, 0.25) is 0 Å². The van der Waals surface area contributed by atoms with Crippen molar-refractivity contribution in [1.29, 1.82) is 0 Å². The second kappa shape index (κ2) is 9.69. The predicted molar refractivity (Wildman–Crippen MR) is 116 cm³/mol. The van der Waals surface area contributed by atoms with Crippen LogP contribution in [0.1, 0.15) is 29.7 Å². The molecule has 0 saturated heterocycles. The smallest absolute Gasteiger partial charge is 0.203 e. The highest BCUT2D eigenvalue weighted by Gasteiger charge is 2.17. The lowest BCUT2D eigenvalue weighted by Gasteiger charge is -2.18. The molecular formula is C25H26O4. The molecule has 1 unspecified atom stereocenters. The molecule has 1 atom stereocenters. The normalized spacial score (nSPS) is 11.3. The number of rotatable bonds is 8. The van der Waals surface area contributed by atoms with Gasteiger partial charge in [0.25, 0.3) is 0 Å². The van der Waals surface area contributed by atoms with Gasteiger partial charge in [0, 0.05) is 5.57 Å². The first-order valence-corrected chi connectivity index (χ1v) is 9.44. The van der Waals surface area contributed by atoms with Gasteiger partial charge in [-0.05, 0) is 35.7 Å². The fraction of sp³-hybridized carbons (Fsp3) is 0.200. The summed E-state index contributed by atoms with van der Waals surface area (Å²) in [4.78, 5) is 0. The molecule has 29 heavy (non-hydrogen) atoms. The van der Waals surface area contributed by atoms with E-state index in [-0.39, 0.29) is 6.10 Å². The van der Waals surface area contributed by atoms with Crippen molar-refractivity contribution in [3.8, 4) is 17.2 Å². The third-order valence-corrected chi connectivity index (χ3v) is 4.72.